The zero-order valence-corrected chi connectivity index (χ0v) is 14.5. The molecule has 0 heterocycles. The van der Waals surface area contributed by atoms with Gasteiger partial charge in [-0.3, -0.25) is 0 Å². The number of hydrogen-bond donors (Lipinski definition) is 0. The summed E-state index contributed by atoms with van der Waals surface area (Å²) in [4.78, 5) is 0. The molecular weight excluding hydrogens is 264 g/mol. The van der Waals surface area contributed by atoms with Gasteiger partial charge in [0, 0.05) is 0 Å². The molecule has 114 valence electrons. The van der Waals surface area contributed by atoms with Crippen LogP contribution in [0.1, 0.15) is 49.9 Å². The van der Waals surface area contributed by atoms with Gasteiger partial charge in [0.1, 0.15) is 0 Å². The molecule has 0 heteroatoms. The summed E-state index contributed by atoms with van der Waals surface area (Å²) in [5, 5.41) is 0. The quantitative estimate of drug-likeness (QED) is 0.616. The second-order valence-electron chi connectivity index (χ2n) is 7.44. The van der Waals surface area contributed by atoms with Crippen molar-refractivity contribution in [3.63, 3.8) is 0 Å². The molecule has 0 amide bonds. The van der Waals surface area contributed by atoms with Gasteiger partial charge in [0.05, 0.1) is 0 Å². The topological polar surface area (TPSA) is 0 Å². The molecule has 1 aliphatic carbocycles. The number of benzene rings is 2. The van der Waals surface area contributed by atoms with Crippen molar-refractivity contribution in [3.8, 4) is 11.1 Å². The normalized spacial score (nSPS) is 14.0. The van der Waals surface area contributed by atoms with Crippen LogP contribution in [0.2, 0.25) is 0 Å². The Morgan fingerprint density at radius 2 is 1.73 bits per heavy atom. The molecule has 0 aromatic heterocycles. The van der Waals surface area contributed by atoms with E-state index in [0.29, 0.717) is 0 Å². The highest BCUT2D eigenvalue weighted by molar-refractivity contribution is 5.84. The van der Waals surface area contributed by atoms with E-state index in [2.05, 4.69) is 77.1 Å². The highest BCUT2D eigenvalue weighted by atomic mass is 14.3. The molecule has 3 rings (SSSR count). The third-order valence-corrected chi connectivity index (χ3v) is 4.88. The van der Waals surface area contributed by atoms with Crippen molar-refractivity contribution in [1.29, 1.82) is 0 Å². The van der Waals surface area contributed by atoms with E-state index in [1.54, 1.807) is 5.57 Å². The van der Waals surface area contributed by atoms with Crippen molar-refractivity contribution < 1.29 is 0 Å². The van der Waals surface area contributed by atoms with Crippen molar-refractivity contribution in [3.05, 3.63) is 64.2 Å². The van der Waals surface area contributed by atoms with Crippen LogP contribution in [0.25, 0.3) is 17.2 Å². The van der Waals surface area contributed by atoms with Crippen molar-refractivity contribution in [1.82, 2.24) is 0 Å². The molecule has 1 aliphatic rings. The van der Waals surface area contributed by atoms with E-state index in [1.165, 1.54) is 33.4 Å². The first kappa shape index (κ1) is 15.1. The molecule has 2 aromatic carbocycles. The minimum absolute atomic E-state index is 0.244. The first-order chi connectivity index (χ1) is 10.4. The summed E-state index contributed by atoms with van der Waals surface area (Å²) >= 11 is 0. The van der Waals surface area contributed by atoms with Gasteiger partial charge in [0.2, 0.25) is 0 Å². The lowest BCUT2D eigenvalue weighted by Crippen LogP contribution is -2.08. The van der Waals surface area contributed by atoms with Crippen LogP contribution in [-0.2, 0) is 12.8 Å². The van der Waals surface area contributed by atoms with Crippen LogP contribution >= 0.6 is 0 Å². The molecule has 0 fully saturated rings. The van der Waals surface area contributed by atoms with Crippen molar-refractivity contribution >= 4 is 6.08 Å². The number of fused-ring (bicyclic) bond motifs is 1. The molecule has 0 spiro atoms. The van der Waals surface area contributed by atoms with Crippen LogP contribution < -0.4 is 0 Å². The molecule has 0 aliphatic heterocycles. The van der Waals surface area contributed by atoms with Crippen LogP contribution in [0.4, 0.5) is 0 Å². The molecular formula is C22H26. The third-order valence-electron chi connectivity index (χ3n) is 4.88. The maximum atomic E-state index is 2.45. The van der Waals surface area contributed by atoms with Crippen LogP contribution in [0.3, 0.4) is 0 Å². The lowest BCUT2D eigenvalue weighted by Gasteiger charge is -2.19. The second kappa shape index (κ2) is 5.43. The Morgan fingerprint density at radius 3 is 2.36 bits per heavy atom. The van der Waals surface area contributed by atoms with Gasteiger partial charge in [-0.1, -0.05) is 75.7 Å². The first-order valence-electron chi connectivity index (χ1n) is 8.33. The second-order valence-corrected chi connectivity index (χ2v) is 7.44. The summed E-state index contributed by atoms with van der Waals surface area (Å²) in [6.45, 7) is 11.4. The van der Waals surface area contributed by atoms with E-state index in [4.69, 9.17) is 0 Å². The van der Waals surface area contributed by atoms with Gasteiger partial charge in [-0.05, 0) is 58.6 Å². The summed E-state index contributed by atoms with van der Waals surface area (Å²) in [6.07, 6.45) is 4.63. The van der Waals surface area contributed by atoms with Gasteiger partial charge < -0.3 is 0 Å². The molecule has 0 nitrogen and oxygen atoms in total. The Balaban J connectivity index is 2.25. The van der Waals surface area contributed by atoms with Gasteiger partial charge >= 0.3 is 0 Å². The van der Waals surface area contributed by atoms with Gasteiger partial charge in [0.25, 0.3) is 0 Å². The van der Waals surface area contributed by atoms with Gasteiger partial charge in [-0.2, -0.15) is 0 Å². The van der Waals surface area contributed by atoms with E-state index < -0.39 is 0 Å². The van der Waals surface area contributed by atoms with E-state index in [-0.39, 0.29) is 5.41 Å². The molecule has 0 atom stereocenters. The summed E-state index contributed by atoms with van der Waals surface area (Å²) < 4.78 is 0. The van der Waals surface area contributed by atoms with Crippen LogP contribution in [0.5, 0.6) is 0 Å². The average Bonchev–Trinajstić information content (AvgIpc) is 2.91. The van der Waals surface area contributed by atoms with Crippen LogP contribution in [0, 0.1) is 12.3 Å². The van der Waals surface area contributed by atoms with Crippen molar-refractivity contribution in [2.24, 2.45) is 5.41 Å². The summed E-state index contributed by atoms with van der Waals surface area (Å²) in [7, 11) is 0. The molecule has 0 saturated carbocycles. The van der Waals surface area contributed by atoms with E-state index >= 15 is 0 Å². The zero-order chi connectivity index (χ0) is 15.9. The molecule has 2 aromatic rings. The predicted octanol–water partition coefficient (Wildman–Crippen LogP) is 6.21. The lowest BCUT2D eigenvalue weighted by molar-refractivity contribution is 0.498. The Bertz CT molecular complexity index is 739. The minimum atomic E-state index is 0.244. The lowest BCUT2D eigenvalue weighted by atomic mass is 9.85. The standard InChI is InChI=1S/C22H26/c1-6-16-11-12-17-13-18(22(3,4)5)14-20(17)21(16)19-10-8-7-9-15(19)2/h7-12,14H,6,13H2,1-5H3. The van der Waals surface area contributed by atoms with E-state index in [9.17, 15) is 0 Å². The smallest absolute Gasteiger partial charge is 0.00523 e. The van der Waals surface area contributed by atoms with E-state index in [1.807, 2.05) is 0 Å². The molecule has 0 N–H and O–H groups in total. The van der Waals surface area contributed by atoms with Crippen molar-refractivity contribution in [2.45, 2.75) is 47.5 Å². The highest BCUT2D eigenvalue weighted by Crippen LogP contribution is 2.42. The minimum Gasteiger partial charge on any atom is -0.0620 e. The van der Waals surface area contributed by atoms with Crippen LogP contribution in [0.15, 0.2) is 42.0 Å². The van der Waals surface area contributed by atoms with Gasteiger partial charge in [-0.15, -0.1) is 0 Å². The molecule has 0 bridgehead atoms. The monoisotopic (exact) mass is 290 g/mol. The average molecular weight is 290 g/mol. The van der Waals surface area contributed by atoms with Gasteiger partial charge in [-0.25, -0.2) is 0 Å². The maximum Gasteiger partial charge on any atom is -0.00523 e. The van der Waals surface area contributed by atoms with Crippen LogP contribution in [-0.4, -0.2) is 0 Å². The Labute approximate surface area is 134 Å². The van der Waals surface area contributed by atoms with E-state index in [0.717, 1.165) is 12.8 Å². The number of allylic oxidation sites excluding steroid dienone is 1. The summed E-state index contributed by atoms with van der Waals surface area (Å²) in [5.74, 6) is 0. The molecule has 0 unspecified atom stereocenters. The molecule has 0 radical (unpaired) electrons. The first-order valence-corrected chi connectivity index (χ1v) is 8.33. The highest BCUT2D eigenvalue weighted by Gasteiger charge is 2.25. The third kappa shape index (κ3) is 2.52. The SMILES string of the molecule is CCc1ccc2c(c1-c1ccccc1C)C=C(C(C)(C)C)C2. The predicted molar refractivity (Wildman–Crippen MR) is 97.1 cm³/mol. The zero-order valence-electron chi connectivity index (χ0n) is 14.5. The fourth-order valence-corrected chi connectivity index (χ4v) is 3.41. The summed E-state index contributed by atoms with van der Waals surface area (Å²) in [6, 6.07) is 13.4. The Kier molecular flexibility index (Phi) is 3.72. The number of rotatable bonds is 2. The fraction of sp³-hybridized carbons (Fsp3) is 0.364. The molecule has 0 saturated heterocycles. The summed E-state index contributed by atoms with van der Waals surface area (Å²) in [5.41, 5.74) is 10.4. The Morgan fingerprint density at radius 1 is 1.00 bits per heavy atom. The maximum absolute atomic E-state index is 2.45. The molecule has 22 heavy (non-hydrogen) atoms. The Hall–Kier alpha value is -1.82. The van der Waals surface area contributed by atoms with Crippen molar-refractivity contribution in [2.75, 3.05) is 0 Å². The largest absolute Gasteiger partial charge is 0.0620 e. The fourth-order valence-electron chi connectivity index (χ4n) is 3.41. The van der Waals surface area contributed by atoms with Gasteiger partial charge in [0.15, 0.2) is 0 Å². The number of aryl methyl sites for hydroxylation is 2. The number of hydrogen-bond acceptors (Lipinski definition) is 0.